The molecule has 1 aromatic heterocycles. The summed E-state index contributed by atoms with van der Waals surface area (Å²) >= 11 is 7.81. The van der Waals surface area contributed by atoms with Crippen LogP contribution in [0.5, 0.6) is 0 Å². The van der Waals surface area contributed by atoms with E-state index < -0.39 is 14.9 Å². The summed E-state index contributed by atoms with van der Waals surface area (Å²) in [6.07, 6.45) is 5.13. The van der Waals surface area contributed by atoms with Crippen LogP contribution >= 0.6 is 23.4 Å². The third-order valence-corrected chi connectivity index (χ3v) is 13.8. The van der Waals surface area contributed by atoms with Crippen molar-refractivity contribution >= 4 is 67.1 Å². The second kappa shape index (κ2) is 19.6. The summed E-state index contributed by atoms with van der Waals surface area (Å²) in [5.41, 5.74) is 6.27. The topological polar surface area (TPSA) is 143 Å². The number of aromatic nitrogens is 2. The van der Waals surface area contributed by atoms with Gasteiger partial charge in [-0.25, -0.2) is 18.4 Å². The normalized spacial score (nSPS) is 15.6. The molecule has 2 aliphatic rings. The molecular formula is C46H46ClN7O5S2. The quantitative estimate of drug-likeness (QED) is 0.0546. The van der Waals surface area contributed by atoms with E-state index in [9.17, 15) is 18.5 Å². The van der Waals surface area contributed by atoms with E-state index in [4.69, 9.17) is 16.3 Å². The predicted molar refractivity (Wildman–Crippen MR) is 245 cm³/mol. The van der Waals surface area contributed by atoms with Gasteiger partial charge in [0.2, 0.25) is 0 Å². The zero-order chi connectivity index (χ0) is 42.2. The third-order valence-electron chi connectivity index (χ3n) is 11.0. The van der Waals surface area contributed by atoms with Crippen LogP contribution in [-0.2, 0) is 21.3 Å². The number of morpholine rings is 1. The molecule has 0 saturated carbocycles. The van der Waals surface area contributed by atoms with Gasteiger partial charge in [-0.1, -0.05) is 78.3 Å². The van der Waals surface area contributed by atoms with E-state index >= 15 is 0 Å². The Hall–Kier alpha value is -5.35. The van der Waals surface area contributed by atoms with Crippen molar-refractivity contribution in [3.8, 4) is 11.1 Å². The van der Waals surface area contributed by atoms with E-state index in [1.54, 1.807) is 11.8 Å². The zero-order valence-electron chi connectivity index (χ0n) is 33.5. The molecule has 12 nitrogen and oxygen atoms in total. The van der Waals surface area contributed by atoms with Crippen LogP contribution in [0.15, 0.2) is 137 Å². The second-order valence-electron chi connectivity index (χ2n) is 15.1. The van der Waals surface area contributed by atoms with Crippen LogP contribution in [0.25, 0.3) is 27.6 Å². The van der Waals surface area contributed by atoms with E-state index in [-0.39, 0.29) is 28.1 Å². The summed E-state index contributed by atoms with van der Waals surface area (Å²) in [6, 6.07) is 35.9. The van der Waals surface area contributed by atoms with Gasteiger partial charge >= 0.3 is 0 Å². The first-order valence-electron chi connectivity index (χ1n) is 20.2. The molecule has 0 radical (unpaired) electrons. The minimum Gasteiger partial charge on any atom is -0.379 e. The number of sulfonamides is 1. The Bertz CT molecular complexity index is 2630. The summed E-state index contributed by atoms with van der Waals surface area (Å²) in [4.78, 5) is 26.2. The Kier molecular flexibility index (Phi) is 13.6. The molecule has 1 atom stereocenters. The molecule has 61 heavy (non-hydrogen) atoms. The number of nitro benzene ring substituents is 1. The third kappa shape index (κ3) is 10.8. The predicted octanol–water partition coefficient (Wildman–Crippen LogP) is 9.24. The first kappa shape index (κ1) is 42.3. The second-order valence-corrected chi connectivity index (χ2v) is 18.3. The minimum atomic E-state index is -4.28. The van der Waals surface area contributed by atoms with Gasteiger partial charge in [-0.2, -0.15) is 0 Å². The number of nitrogens with one attached hydrogen (secondary N) is 2. The van der Waals surface area contributed by atoms with Crippen molar-refractivity contribution in [1.29, 1.82) is 0 Å². The van der Waals surface area contributed by atoms with Crippen LogP contribution in [0.3, 0.4) is 0 Å². The number of anilines is 2. The molecule has 2 N–H and O–H groups in total. The maximum absolute atomic E-state index is 13.8. The molecule has 314 valence electrons. The van der Waals surface area contributed by atoms with Crippen molar-refractivity contribution in [2.45, 2.75) is 35.2 Å². The SMILES string of the molecule is O=[N+]([O-])c1cc(S(=O)(=O)Nc2ncnc3cc(C4=CCN(Cc5ccccc5-c5ccc(Cl)cc5)CC4)ccc23)ccc1NC(CCN1CCOCC1)CSc1ccccc1. The molecule has 6 aromatic rings. The summed E-state index contributed by atoms with van der Waals surface area (Å²) < 4.78 is 35.7. The van der Waals surface area contributed by atoms with Gasteiger partial charge in [0.25, 0.3) is 15.7 Å². The number of thioether (sulfide) groups is 1. The van der Waals surface area contributed by atoms with Crippen LogP contribution in [0, 0.1) is 10.1 Å². The largest absolute Gasteiger partial charge is 0.379 e. The van der Waals surface area contributed by atoms with Gasteiger partial charge in [0.05, 0.1) is 28.5 Å². The van der Waals surface area contributed by atoms with Crippen molar-refractivity contribution in [2.75, 3.05) is 61.7 Å². The Morgan fingerprint density at radius 3 is 2.41 bits per heavy atom. The van der Waals surface area contributed by atoms with Gasteiger partial charge in [-0.3, -0.25) is 24.6 Å². The Morgan fingerprint density at radius 1 is 0.869 bits per heavy atom. The first-order chi connectivity index (χ1) is 29.7. The van der Waals surface area contributed by atoms with Crippen molar-refractivity contribution in [3.05, 3.63) is 154 Å². The average Bonchev–Trinajstić information content (AvgIpc) is 3.28. The van der Waals surface area contributed by atoms with Gasteiger partial charge in [0.15, 0.2) is 5.82 Å². The summed E-state index contributed by atoms with van der Waals surface area (Å²) in [5.74, 6) is 0.748. The number of ether oxygens (including phenoxy) is 1. The van der Waals surface area contributed by atoms with Crippen molar-refractivity contribution in [1.82, 2.24) is 19.8 Å². The smallest absolute Gasteiger partial charge is 0.293 e. The molecular weight excluding hydrogens is 830 g/mol. The van der Waals surface area contributed by atoms with Crippen LogP contribution in [0.2, 0.25) is 5.02 Å². The molecule has 0 aliphatic carbocycles. The highest BCUT2D eigenvalue weighted by molar-refractivity contribution is 7.99. The van der Waals surface area contributed by atoms with Gasteiger partial charge in [-0.05, 0) is 89.2 Å². The zero-order valence-corrected chi connectivity index (χ0v) is 35.8. The molecule has 1 fully saturated rings. The first-order valence-corrected chi connectivity index (χ1v) is 23.1. The number of benzene rings is 5. The van der Waals surface area contributed by atoms with E-state index in [1.807, 2.05) is 72.8 Å². The summed E-state index contributed by atoms with van der Waals surface area (Å²) in [6.45, 7) is 6.29. The number of nitro groups is 1. The fourth-order valence-electron chi connectivity index (χ4n) is 7.70. The van der Waals surface area contributed by atoms with Crippen molar-refractivity contribution in [3.63, 3.8) is 0 Å². The van der Waals surface area contributed by atoms with Crippen LogP contribution in [-0.4, -0.2) is 90.8 Å². The molecule has 5 aromatic carbocycles. The summed E-state index contributed by atoms with van der Waals surface area (Å²) in [5, 5.41) is 17.0. The van der Waals surface area contributed by atoms with E-state index in [0.29, 0.717) is 34.9 Å². The number of rotatable bonds is 16. The molecule has 1 saturated heterocycles. The number of nitrogens with zero attached hydrogens (tertiary/aromatic N) is 5. The molecule has 0 amide bonds. The maximum Gasteiger partial charge on any atom is 0.293 e. The van der Waals surface area contributed by atoms with E-state index in [2.05, 4.69) is 60.1 Å². The average molecular weight is 877 g/mol. The Labute approximate surface area is 365 Å². The van der Waals surface area contributed by atoms with Crippen LogP contribution in [0.1, 0.15) is 24.0 Å². The number of hydrogen-bond acceptors (Lipinski definition) is 11. The van der Waals surface area contributed by atoms with E-state index in [0.717, 1.165) is 74.2 Å². The highest BCUT2D eigenvalue weighted by atomic mass is 35.5. The Morgan fingerprint density at radius 2 is 1.64 bits per heavy atom. The monoisotopic (exact) mass is 875 g/mol. The molecule has 0 bridgehead atoms. The van der Waals surface area contributed by atoms with Crippen LogP contribution < -0.4 is 10.0 Å². The molecule has 8 rings (SSSR count). The fourth-order valence-corrected chi connectivity index (χ4v) is 9.87. The highest BCUT2D eigenvalue weighted by Gasteiger charge is 2.25. The Balaban J connectivity index is 0.953. The lowest BCUT2D eigenvalue weighted by Crippen LogP contribution is -2.39. The van der Waals surface area contributed by atoms with Gasteiger partial charge < -0.3 is 10.1 Å². The maximum atomic E-state index is 13.8. The molecule has 3 heterocycles. The molecule has 1 unspecified atom stereocenters. The number of hydrogen-bond donors (Lipinski definition) is 2. The highest BCUT2D eigenvalue weighted by Crippen LogP contribution is 2.33. The van der Waals surface area contributed by atoms with Gasteiger partial charge in [0, 0.05) is 72.4 Å². The molecule has 2 aliphatic heterocycles. The summed E-state index contributed by atoms with van der Waals surface area (Å²) in [7, 11) is -4.28. The molecule has 0 spiro atoms. The lowest BCUT2D eigenvalue weighted by molar-refractivity contribution is -0.384. The number of halogens is 1. The standard InChI is InChI=1S/C46H46ClN7O5S2/c47-37-13-10-34(11-14-37)41-9-5-4-6-36(41)30-53-21-18-33(19-22-53)35-12-16-42-44(28-35)48-32-49-46(42)51-61(57,58)40-15-17-43(45(29-40)54(55)56)50-38(20-23-52-24-26-59-27-25-52)31-60-39-7-2-1-3-8-39/h1-18,28-29,32,38,50H,19-27,30-31H2,(H,48,49,51). The fraction of sp³-hybridized carbons (Fsp3) is 0.261. The van der Waals surface area contributed by atoms with E-state index in [1.165, 1.54) is 35.2 Å². The lowest BCUT2D eigenvalue weighted by atomic mass is 9.96. The van der Waals surface area contributed by atoms with Gasteiger partial charge in [0.1, 0.15) is 12.0 Å². The van der Waals surface area contributed by atoms with Crippen molar-refractivity contribution in [2.24, 2.45) is 0 Å². The molecule has 15 heteroatoms. The van der Waals surface area contributed by atoms with Gasteiger partial charge in [-0.15, -0.1) is 11.8 Å². The minimum absolute atomic E-state index is 0.0886. The van der Waals surface area contributed by atoms with Crippen LogP contribution in [0.4, 0.5) is 17.2 Å². The number of fused-ring (bicyclic) bond motifs is 1. The van der Waals surface area contributed by atoms with Crippen molar-refractivity contribution < 1.29 is 18.1 Å². The lowest BCUT2D eigenvalue weighted by Gasteiger charge is -2.29.